The van der Waals surface area contributed by atoms with Crippen molar-refractivity contribution in [3.8, 4) is 0 Å². The highest BCUT2D eigenvalue weighted by atomic mass is 32.2. The summed E-state index contributed by atoms with van der Waals surface area (Å²) in [6, 6.07) is 14.4. The number of amides is 2. The van der Waals surface area contributed by atoms with Gasteiger partial charge in [-0.15, -0.1) is 0 Å². The van der Waals surface area contributed by atoms with Crippen molar-refractivity contribution in [1.82, 2.24) is 5.32 Å². The molecule has 3 rings (SSSR count). The molecule has 128 valence electrons. The van der Waals surface area contributed by atoms with E-state index in [-0.39, 0.29) is 22.0 Å². The highest BCUT2D eigenvalue weighted by Gasteiger charge is 2.31. The molecule has 0 aromatic heterocycles. The molecule has 7 heteroatoms. The van der Waals surface area contributed by atoms with E-state index in [9.17, 15) is 14.4 Å². The van der Waals surface area contributed by atoms with E-state index in [1.54, 1.807) is 24.3 Å². The first-order valence-electron chi connectivity index (χ1n) is 7.68. The molecule has 0 spiro atoms. The van der Waals surface area contributed by atoms with E-state index in [0.717, 1.165) is 28.6 Å². The fourth-order valence-corrected chi connectivity index (χ4v) is 3.33. The van der Waals surface area contributed by atoms with Gasteiger partial charge in [0, 0.05) is 12.2 Å². The molecule has 1 unspecified atom stereocenters. The third kappa shape index (κ3) is 4.39. The molecule has 1 fully saturated rings. The Morgan fingerprint density at radius 2 is 1.68 bits per heavy atom. The van der Waals surface area contributed by atoms with E-state index in [1.807, 2.05) is 24.3 Å². The van der Waals surface area contributed by atoms with Gasteiger partial charge in [0.25, 0.3) is 5.24 Å². The van der Waals surface area contributed by atoms with Crippen LogP contribution < -0.4 is 10.6 Å². The van der Waals surface area contributed by atoms with Gasteiger partial charge in [-0.2, -0.15) is 0 Å². The largest absolute Gasteiger partial charge is 0.478 e. The van der Waals surface area contributed by atoms with Crippen LogP contribution in [0.5, 0.6) is 0 Å². The minimum Gasteiger partial charge on any atom is -0.478 e. The number of rotatable bonds is 6. The summed E-state index contributed by atoms with van der Waals surface area (Å²) >= 11 is 1.03. The average molecular weight is 356 g/mol. The lowest BCUT2D eigenvalue weighted by molar-refractivity contribution is -0.118. The number of hydrogen-bond acceptors (Lipinski definition) is 5. The second-order valence-corrected chi connectivity index (χ2v) is 6.82. The number of carbonyl (C=O) groups excluding carboxylic acids is 2. The molecule has 1 aliphatic heterocycles. The zero-order chi connectivity index (χ0) is 17.8. The van der Waals surface area contributed by atoms with Gasteiger partial charge in [-0.3, -0.25) is 14.9 Å². The molecule has 2 amide bonds. The van der Waals surface area contributed by atoms with E-state index < -0.39 is 5.97 Å². The summed E-state index contributed by atoms with van der Waals surface area (Å²) in [6.45, 7) is 0.578. The van der Waals surface area contributed by atoms with Crippen molar-refractivity contribution in [1.29, 1.82) is 0 Å². The molecule has 3 N–H and O–H groups in total. The number of carboxylic acids is 1. The van der Waals surface area contributed by atoms with Gasteiger partial charge in [0.2, 0.25) is 5.91 Å². The Bertz CT molecular complexity index is 803. The van der Waals surface area contributed by atoms with E-state index >= 15 is 0 Å². The van der Waals surface area contributed by atoms with E-state index in [2.05, 4.69) is 10.6 Å². The highest BCUT2D eigenvalue weighted by Crippen LogP contribution is 2.23. The van der Waals surface area contributed by atoms with Crippen LogP contribution in [0.1, 0.15) is 21.5 Å². The Balaban J connectivity index is 1.54. The first-order chi connectivity index (χ1) is 12.0. The van der Waals surface area contributed by atoms with Crippen LogP contribution in [0, 0.1) is 0 Å². The topological polar surface area (TPSA) is 95.5 Å². The Labute approximate surface area is 148 Å². The number of thioether (sulfide) groups is 1. The minimum absolute atomic E-state index is 0.234. The summed E-state index contributed by atoms with van der Waals surface area (Å²) in [6.07, 6.45) is 0.513. The molecule has 0 aliphatic carbocycles. The summed E-state index contributed by atoms with van der Waals surface area (Å²) in [5, 5.41) is 13.8. The summed E-state index contributed by atoms with van der Waals surface area (Å²) < 4.78 is 0. The quantitative estimate of drug-likeness (QED) is 0.737. The summed E-state index contributed by atoms with van der Waals surface area (Å²) in [5.41, 5.74) is 3.15. The first-order valence-corrected chi connectivity index (χ1v) is 8.56. The average Bonchev–Trinajstić information content (AvgIpc) is 2.92. The zero-order valence-corrected chi connectivity index (χ0v) is 14.0. The maximum absolute atomic E-state index is 11.6. The van der Waals surface area contributed by atoms with Crippen LogP contribution in [0.2, 0.25) is 0 Å². The maximum Gasteiger partial charge on any atom is 0.335 e. The lowest BCUT2D eigenvalue weighted by atomic mass is 10.1. The van der Waals surface area contributed by atoms with Crippen molar-refractivity contribution in [2.75, 3.05) is 5.32 Å². The molecule has 1 saturated heterocycles. The van der Waals surface area contributed by atoms with Crippen LogP contribution in [-0.2, 0) is 17.8 Å². The molecule has 0 bridgehead atoms. The van der Waals surface area contributed by atoms with Crippen LogP contribution in [0.3, 0.4) is 0 Å². The van der Waals surface area contributed by atoms with Gasteiger partial charge in [0.1, 0.15) is 0 Å². The second-order valence-electron chi connectivity index (χ2n) is 5.64. The van der Waals surface area contributed by atoms with Gasteiger partial charge >= 0.3 is 5.97 Å². The van der Waals surface area contributed by atoms with Gasteiger partial charge in [-0.25, -0.2) is 4.79 Å². The molecule has 0 saturated carbocycles. The van der Waals surface area contributed by atoms with E-state index in [0.29, 0.717) is 13.0 Å². The van der Waals surface area contributed by atoms with Crippen molar-refractivity contribution in [3.63, 3.8) is 0 Å². The van der Waals surface area contributed by atoms with Gasteiger partial charge in [0.15, 0.2) is 0 Å². The highest BCUT2D eigenvalue weighted by molar-refractivity contribution is 8.15. The van der Waals surface area contributed by atoms with Gasteiger partial charge in [-0.05, 0) is 41.8 Å². The number of benzene rings is 2. The van der Waals surface area contributed by atoms with Crippen molar-refractivity contribution < 1.29 is 19.5 Å². The number of imide groups is 1. The predicted molar refractivity (Wildman–Crippen MR) is 95.8 cm³/mol. The fraction of sp³-hybridized carbons (Fsp3) is 0.167. The summed E-state index contributed by atoms with van der Waals surface area (Å²) in [7, 11) is 0. The maximum atomic E-state index is 11.6. The molecule has 25 heavy (non-hydrogen) atoms. The van der Waals surface area contributed by atoms with Crippen molar-refractivity contribution in [2.45, 2.75) is 18.2 Å². The van der Waals surface area contributed by atoms with Crippen molar-refractivity contribution in [2.24, 2.45) is 0 Å². The molecule has 1 aliphatic rings. The van der Waals surface area contributed by atoms with E-state index in [4.69, 9.17) is 5.11 Å². The predicted octanol–water partition coefficient (Wildman–Crippen LogP) is 2.89. The Morgan fingerprint density at radius 3 is 2.24 bits per heavy atom. The molecular weight excluding hydrogens is 340 g/mol. The summed E-state index contributed by atoms with van der Waals surface area (Å²) in [5.74, 6) is -1.17. The Hall–Kier alpha value is -2.80. The number of anilines is 1. The van der Waals surface area contributed by atoms with E-state index in [1.165, 1.54) is 0 Å². The fourth-order valence-electron chi connectivity index (χ4n) is 2.47. The second kappa shape index (κ2) is 7.40. The van der Waals surface area contributed by atoms with Crippen LogP contribution in [0.25, 0.3) is 0 Å². The van der Waals surface area contributed by atoms with Gasteiger partial charge in [-0.1, -0.05) is 36.0 Å². The zero-order valence-electron chi connectivity index (χ0n) is 13.2. The molecule has 1 heterocycles. The van der Waals surface area contributed by atoms with Crippen molar-refractivity contribution in [3.05, 3.63) is 65.2 Å². The number of aromatic carboxylic acids is 1. The first kappa shape index (κ1) is 17.0. The molecule has 2 aromatic rings. The third-order valence-electron chi connectivity index (χ3n) is 3.84. The molecule has 0 radical (unpaired) electrons. The summed E-state index contributed by atoms with van der Waals surface area (Å²) in [4.78, 5) is 33.6. The lowest BCUT2D eigenvalue weighted by Crippen LogP contribution is -2.25. The third-order valence-corrected chi connectivity index (χ3v) is 4.82. The molecular formula is C18H16N2O4S. The number of hydrogen-bond donors (Lipinski definition) is 3. The normalized spacial score (nSPS) is 16.6. The smallest absolute Gasteiger partial charge is 0.335 e. The molecule has 6 nitrogen and oxygen atoms in total. The monoisotopic (exact) mass is 356 g/mol. The molecule has 2 aromatic carbocycles. The SMILES string of the molecule is O=C1NC(=O)C(Cc2ccc(NCc3ccc(C(=O)O)cc3)cc2)S1. The molecule has 1 atom stereocenters. The van der Waals surface area contributed by atoms with Crippen molar-refractivity contribution >= 4 is 34.6 Å². The number of nitrogens with one attached hydrogen (secondary N) is 2. The standard InChI is InChI=1S/C18H16N2O4S/c21-16-15(25-18(24)20-16)9-11-3-7-14(8-4-11)19-10-12-1-5-13(6-2-12)17(22)23/h1-8,15,19H,9-10H2,(H,22,23)(H,20,21,24). The lowest BCUT2D eigenvalue weighted by Gasteiger charge is -2.09. The Morgan fingerprint density at radius 1 is 1.04 bits per heavy atom. The Kier molecular flexibility index (Phi) is 5.04. The van der Waals surface area contributed by atoms with Gasteiger partial charge in [0.05, 0.1) is 10.8 Å². The minimum atomic E-state index is -0.939. The number of carbonyl (C=O) groups is 3. The number of carboxylic acid groups (broad SMARTS) is 1. The van der Waals surface area contributed by atoms with Crippen LogP contribution in [0.4, 0.5) is 10.5 Å². The van der Waals surface area contributed by atoms with Gasteiger partial charge < -0.3 is 10.4 Å². The van der Waals surface area contributed by atoms with Crippen LogP contribution in [-0.4, -0.2) is 27.5 Å². The van der Waals surface area contributed by atoms with Crippen LogP contribution in [0.15, 0.2) is 48.5 Å². The van der Waals surface area contributed by atoms with Crippen LogP contribution >= 0.6 is 11.8 Å².